The van der Waals surface area contributed by atoms with Crippen molar-refractivity contribution in [3.05, 3.63) is 47.0 Å². The fourth-order valence-electron chi connectivity index (χ4n) is 2.13. The normalized spacial score (nSPS) is 13.7. The van der Waals surface area contributed by atoms with Gasteiger partial charge in [0, 0.05) is 31.3 Å². The Balaban J connectivity index is 2.05. The molecule has 1 aliphatic rings. The monoisotopic (exact) mass is 254 g/mol. The first-order chi connectivity index (χ1) is 9.28. The zero-order valence-corrected chi connectivity index (χ0v) is 10.2. The van der Waals surface area contributed by atoms with Crippen molar-refractivity contribution in [2.45, 2.75) is 13.0 Å². The molecule has 0 fully saturated rings. The summed E-state index contributed by atoms with van der Waals surface area (Å²) in [5.74, 6) is -0.0874. The third kappa shape index (κ3) is 2.18. The van der Waals surface area contributed by atoms with E-state index in [4.69, 9.17) is 5.26 Å². The second-order valence-electron chi connectivity index (χ2n) is 4.40. The second-order valence-corrected chi connectivity index (χ2v) is 4.40. The Morgan fingerprint density at radius 1 is 1.37 bits per heavy atom. The zero-order chi connectivity index (χ0) is 13.2. The highest BCUT2D eigenvalue weighted by atomic mass is 19.1. The lowest BCUT2D eigenvalue weighted by Gasteiger charge is -2.16. The number of nitriles is 1. The maximum absolute atomic E-state index is 13.9. The van der Waals surface area contributed by atoms with Crippen LogP contribution in [0.25, 0.3) is 11.4 Å². The van der Waals surface area contributed by atoms with Gasteiger partial charge in [0.2, 0.25) is 0 Å². The Hall–Kier alpha value is -2.32. The quantitative estimate of drug-likeness (QED) is 0.843. The molecule has 4 nitrogen and oxygen atoms in total. The lowest BCUT2D eigenvalue weighted by molar-refractivity contribution is 0.620. The minimum absolute atomic E-state index is 0.295. The molecule has 0 radical (unpaired) electrons. The maximum Gasteiger partial charge on any atom is 0.162 e. The SMILES string of the molecule is N#Cc1ccc(-c2ncc3c(n2)CCNC3)c(F)c1. The summed E-state index contributed by atoms with van der Waals surface area (Å²) in [4.78, 5) is 8.63. The third-order valence-corrected chi connectivity index (χ3v) is 3.15. The first-order valence-electron chi connectivity index (χ1n) is 6.03. The topological polar surface area (TPSA) is 61.6 Å². The average Bonchev–Trinajstić information content (AvgIpc) is 2.46. The lowest BCUT2D eigenvalue weighted by atomic mass is 10.1. The predicted octanol–water partition coefficient (Wildman–Crippen LogP) is 1.80. The Morgan fingerprint density at radius 3 is 3.05 bits per heavy atom. The van der Waals surface area contributed by atoms with E-state index in [0.717, 1.165) is 30.8 Å². The van der Waals surface area contributed by atoms with E-state index in [1.165, 1.54) is 6.07 Å². The van der Waals surface area contributed by atoms with Gasteiger partial charge in [0.25, 0.3) is 0 Å². The summed E-state index contributed by atoms with van der Waals surface area (Å²) in [6, 6.07) is 6.24. The summed E-state index contributed by atoms with van der Waals surface area (Å²) in [6.45, 7) is 1.63. The molecule has 1 aromatic heterocycles. The summed E-state index contributed by atoms with van der Waals surface area (Å²) in [7, 11) is 0. The van der Waals surface area contributed by atoms with E-state index in [9.17, 15) is 4.39 Å². The van der Waals surface area contributed by atoms with Gasteiger partial charge in [-0.2, -0.15) is 5.26 Å². The summed E-state index contributed by atoms with van der Waals surface area (Å²) in [5.41, 5.74) is 2.65. The maximum atomic E-state index is 13.9. The minimum Gasteiger partial charge on any atom is -0.312 e. The van der Waals surface area contributed by atoms with Crippen molar-refractivity contribution in [2.75, 3.05) is 6.54 Å². The van der Waals surface area contributed by atoms with E-state index in [2.05, 4.69) is 15.3 Å². The summed E-state index contributed by atoms with van der Waals surface area (Å²) in [6.07, 6.45) is 2.56. The molecular weight excluding hydrogens is 243 g/mol. The van der Waals surface area contributed by atoms with E-state index in [1.54, 1.807) is 18.3 Å². The molecule has 94 valence electrons. The van der Waals surface area contributed by atoms with Gasteiger partial charge in [0.1, 0.15) is 5.82 Å². The number of nitrogens with one attached hydrogen (secondary N) is 1. The van der Waals surface area contributed by atoms with E-state index in [-0.39, 0.29) is 0 Å². The first-order valence-corrected chi connectivity index (χ1v) is 6.03. The van der Waals surface area contributed by atoms with Gasteiger partial charge in [-0.3, -0.25) is 0 Å². The number of aromatic nitrogens is 2. The van der Waals surface area contributed by atoms with Crippen LogP contribution in [-0.4, -0.2) is 16.5 Å². The van der Waals surface area contributed by atoms with E-state index < -0.39 is 5.82 Å². The number of nitrogens with zero attached hydrogens (tertiary/aromatic N) is 3. The first kappa shape index (κ1) is 11.8. The molecule has 0 spiro atoms. The van der Waals surface area contributed by atoms with Gasteiger partial charge in [0.05, 0.1) is 22.9 Å². The summed E-state index contributed by atoms with van der Waals surface area (Å²) >= 11 is 0. The van der Waals surface area contributed by atoms with Gasteiger partial charge in [-0.15, -0.1) is 0 Å². The Morgan fingerprint density at radius 2 is 2.26 bits per heavy atom. The van der Waals surface area contributed by atoms with E-state index in [0.29, 0.717) is 17.0 Å². The number of hydrogen-bond donors (Lipinski definition) is 1. The smallest absolute Gasteiger partial charge is 0.162 e. The minimum atomic E-state index is -0.465. The molecule has 19 heavy (non-hydrogen) atoms. The summed E-state index contributed by atoms with van der Waals surface area (Å²) < 4.78 is 13.9. The Bertz CT molecular complexity index is 676. The van der Waals surface area contributed by atoms with Crippen LogP contribution in [0.3, 0.4) is 0 Å². The van der Waals surface area contributed by atoms with Crippen LogP contribution in [-0.2, 0) is 13.0 Å². The predicted molar refractivity (Wildman–Crippen MR) is 67.6 cm³/mol. The molecule has 0 saturated carbocycles. The third-order valence-electron chi connectivity index (χ3n) is 3.15. The van der Waals surface area contributed by atoms with Gasteiger partial charge >= 0.3 is 0 Å². The van der Waals surface area contributed by atoms with Gasteiger partial charge in [0.15, 0.2) is 5.82 Å². The number of benzene rings is 1. The second kappa shape index (κ2) is 4.75. The van der Waals surface area contributed by atoms with Crippen LogP contribution in [0.5, 0.6) is 0 Å². The molecule has 5 heteroatoms. The number of rotatable bonds is 1. The highest BCUT2D eigenvalue weighted by Crippen LogP contribution is 2.22. The molecule has 1 aliphatic heterocycles. The molecule has 0 amide bonds. The molecule has 1 N–H and O–H groups in total. The van der Waals surface area contributed by atoms with Crippen molar-refractivity contribution in [2.24, 2.45) is 0 Å². The Labute approximate surface area is 109 Å². The van der Waals surface area contributed by atoms with Crippen molar-refractivity contribution in [3.8, 4) is 17.5 Å². The molecule has 0 bridgehead atoms. The molecule has 2 heterocycles. The highest BCUT2D eigenvalue weighted by molar-refractivity contribution is 5.58. The molecule has 2 aromatic rings. The van der Waals surface area contributed by atoms with Crippen LogP contribution in [0.1, 0.15) is 16.8 Å². The molecule has 0 saturated heterocycles. The molecule has 0 atom stereocenters. The number of hydrogen-bond acceptors (Lipinski definition) is 4. The van der Waals surface area contributed by atoms with E-state index in [1.807, 2.05) is 6.07 Å². The molecule has 0 aliphatic carbocycles. The van der Waals surface area contributed by atoms with Crippen molar-refractivity contribution >= 4 is 0 Å². The Kier molecular flexibility index (Phi) is 2.94. The van der Waals surface area contributed by atoms with Crippen molar-refractivity contribution in [3.63, 3.8) is 0 Å². The van der Waals surface area contributed by atoms with Gasteiger partial charge in [-0.25, -0.2) is 14.4 Å². The van der Waals surface area contributed by atoms with Crippen molar-refractivity contribution in [1.82, 2.24) is 15.3 Å². The average molecular weight is 254 g/mol. The number of halogens is 1. The molecule has 1 aromatic carbocycles. The van der Waals surface area contributed by atoms with Gasteiger partial charge in [-0.05, 0) is 18.2 Å². The molecular formula is C14H11FN4. The highest BCUT2D eigenvalue weighted by Gasteiger charge is 2.14. The number of fused-ring (bicyclic) bond motifs is 1. The molecule has 0 unspecified atom stereocenters. The van der Waals surface area contributed by atoms with Gasteiger partial charge in [-0.1, -0.05) is 0 Å². The van der Waals surface area contributed by atoms with Crippen molar-refractivity contribution < 1.29 is 4.39 Å². The fourth-order valence-corrected chi connectivity index (χ4v) is 2.13. The van der Waals surface area contributed by atoms with E-state index >= 15 is 0 Å². The van der Waals surface area contributed by atoms with Crippen molar-refractivity contribution in [1.29, 1.82) is 5.26 Å². The molecule has 3 rings (SSSR count). The van der Waals surface area contributed by atoms with Gasteiger partial charge < -0.3 is 5.32 Å². The van der Waals surface area contributed by atoms with Crippen LogP contribution >= 0.6 is 0 Å². The largest absolute Gasteiger partial charge is 0.312 e. The van der Waals surface area contributed by atoms with Crippen LogP contribution in [0.4, 0.5) is 4.39 Å². The zero-order valence-electron chi connectivity index (χ0n) is 10.2. The van der Waals surface area contributed by atoms with Crippen LogP contribution in [0, 0.1) is 17.1 Å². The summed E-state index contributed by atoms with van der Waals surface area (Å²) in [5, 5.41) is 12.0. The van der Waals surface area contributed by atoms with Crippen LogP contribution in [0.2, 0.25) is 0 Å². The lowest BCUT2D eigenvalue weighted by Crippen LogP contribution is -2.25. The fraction of sp³-hybridized carbons (Fsp3) is 0.214. The standard InChI is InChI=1S/C14H11FN4/c15-12-5-9(6-16)1-2-11(12)14-18-8-10-7-17-4-3-13(10)19-14/h1-2,5,8,17H,3-4,7H2. The van der Waals surface area contributed by atoms with Crippen LogP contribution in [0.15, 0.2) is 24.4 Å². The van der Waals surface area contributed by atoms with Crippen LogP contribution < -0.4 is 5.32 Å².